The second kappa shape index (κ2) is 40.2. The van der Waals surface area contributed by atoms with Crippen molar-refractivity contribution in [3.05, 3.63) is 379 Å². The summed E-state index contributed by atoms with van der Waals surface area (Å²) in [5, 5.41) is 0. The largest absolute Gasteiger partial charge is 0.351 e. The first-order chi connectivity index (χ1) is 61.5. The average Bonchev–Trinajstić information content (AvgIpc) is 1.57. The summed E-state index contributed by atoms with van der Waals surface area (Å²) in [4.78, 5) is 55.0. The van der Waals surface area contributed by atoms with Crippen molar-refractivity contribution in [3.63, 3.8) is 0 Å². The molecule has 130 heavy (non-hydrogen) atoms. The number of aryl methyl sites for hydroxylation is 6. The van der Waals surface area contributed by atoms with E-state index in [1.165, 1.54) is 107 Å². The van der Waals surface area contributed by atoms with Gasteiger partial charge in [-0.1, -0.05) is 213 Å². The Bertz CT molecular complexity index is 5910. The lowest BCUT2D eigenvalue weighted by Crippen LogP contribution is -2.36. The van der Waals surface area contributed by atoms with Crippen LogP contribution in [-0.4, -0.2) is 88.0 Å². The number of fused-ring (bicyclic) bond motifs is 6. The van der Waals surface area contributed by atoms with E-state index in [4.69, 9.17) is 0 Å². The zero-order chi connectivity index (χ0) is 88.9. The van der Waals surface area contributed by atoms with E-state index in [2.05, 4.69) is 481 Å². The van der Waals surface area contributed by atoms with Crippen molar-refractivity contribution >= 4 is 120 Å². The second-order valence-electron chi connectivity index (χ2n) is 34.2. The molecule has 0 radical (unpaired) electrons. The Labute approximate surface area is 773 Å². The van der Waals surface area contributed by atoms with Gasteiger partial charge in [0.15, 0.2) is 34.9 Å². The van der Waals surface area contributed by atoms with Crippen molar-refractivity contribution in [1.29, 1.82) is 0 Å². The number of hydrogen-bond acceptors (Lipinski definition) is 18. The smallest absolute Gasteiger partial charge is 0.178 e. The highest BCUT2D eigenvalue weighted by Crippen LogP contribution is 2.53. The van der Waals surface area contributed by atoms with Gasteiger partial charge in [-0.2, -0.15) is 0 Å². The highest BCUT2D eigenvalue weighted by molar-refractivity contribution is 5.92. The molecule has 21 rings (SSSR count). The first kappa shape index (κ1) is 93.1. The molecule has 0 amide bonds. The second-order valence-corrected chi connectivity index (χ2v) is 34.2. The third-order valence-electron chi connectivity index (χ3n) is 25.2. The molecule has 0 fully saturated rings. The van der Waals surface area contributed by atoms with Gasteiger partial charge in [0.05, 0.1) is 34.1 Å². The van der Waals surface area contributed by atoms with E-state index in [-0.39, 0.29) is 64.7 Å². The molecule has 0 saturated heterocycles. The first-order valence-electron chi connectivity index (χ1n) is 44.1. The Morgan fingerprint density at radius 2 is 0.454 bits per heavy atom. The monoisotopic (exact) mass is 1730 g/mol. The predicted octanol–water partition coefficient (Wildman–Crippen LogP) is 28.3. The summed E-state index contributed by atoms with van der Waals surface area (Å²) in [6, 6.07) is 106. The highest BCUT2D eigenvalue weighted by Gasteiger charge is 2.42. The van der Waals surface area contributed by atoms with Crippen LogP contribution < -0.4 is 58.8 Å². The SMILES string of the molecule is C.C.C.Cc1ccccc1N1c2cc(C(C)(C)C)ccc2N(c2ccccc2)[C@@H]1C.Cc1ccccc1N1c2cccnc2N(C)[C@@H]1C.Cc1ccccc1N1c2cccnc2N(c2ccccc2)[C@@H]1C.Cc1ccccc1N1c2ncccc2N(C)[C@@H]1C.Cc1ccccc1N1c2ncccc2N(c2ccccc2)[C@@H]1C.Cc1ccccc1N1c2nccnc2N(C)[C@@H]1C. The van der Waals surface area contributed by atoms with Crippen LogP contribution in [0, 0.1) is 41.5 Å². The molecule has 0 aliphatic carbocycles. The molecule has 6 aliphatic heterocycles. The van der Waals surface area contributed by atoms with E-state index >= 15 is 0 Å². The third kappa shape index (κ3) is 18.1. The van der Waals surface area contributed by atoms with E-state index < -0.39 is 0 Å². The summed E-state index contributed by atoms with van der Waals surface area (Å²) in [5.41, 5.74) is 27.3. The summed E-state index contributed by atoms with van der Waals surface area (Å²) < 4.78 is 0. The van der Waals surface area contributed by atoms with E-state index in [0.717, 1.165) is 52.0 Å². The number of nitrogens with zero attached hydrogens (tertiary/aromatic N) is 18. The van der Waals surface area contributed by atoms with Crippen molar-refractivity contribution in [2.24, 2.45) is 0 Å². The quantitative estimate of drug-likeness (QED) is 0.136. The molecule has 15 aromatic rings. The normalized spacial score (nSPS) is 16.8. The fourth-order valence-electron chi connectivity index (χ4n) is 18.2. The van der Waals surface area contributed by atoms with Gasteiger partial charge in [0.25, 0.3) is 0 Å². The minimum absolute atomic E-state index is 0. The molecular formula is C112H128N18. The lowest BCUT2D eigenvalue weighted by Gasteiger charge is -2.31. The zero-order valence-electron chi connectivity index (χ0n) is 76.3. The lowest BCUT2D eigenvalue weighted by molar-refractivity contribution is 0.590. The van der Waals surface area contributed by atoms with Crippen LogP contribution in [0.2, 0.25) is 0 Å². The Balaban J connectivity index is 0.000000133. The molecule has 5 aromatic heterocycles. The fraction of sp³-hybridized carbons (Fsp3) is 0.250. The Morgan fingerprint density at radius 1 is 0.200 bits per heavy atom. The summed E-state index contributed by atoms with van der Waals surface area (Å²) >= 11 is 0. The van der Waals surface area contributed by atoms with Crippen LogP contribution in [0.25, 0.3) is 0 Å². The van der Waals surface area contributed by atoms with E-state index in [9.17, 15) is 0 Å². The zero-order valence-corrected chi connectivity index (χ0v) is 76.3. The van der Waals surface area contributed by atoms with Gasteiger partial charge in [-0.15, -0.1) is 0 Å². The van der Waals surface area contributed by atoms with Gasteiger partial charge < -0.3 is 58.8 Å². The van der Waals surface area contributed by atoms with Crippen molar-refractivity contribution < 1.29 is 0 Å². The van der Waals surface area contributed by atoms with Gasteiger partial charge in [-0.3, -0.25) is 0 Å². The molecule has 0 bridgehead atoms. The predicted molar refractivity (Wildman–Crippen MR) is 552 cm³/mol. The van der Waals surface area contributed by atoms with Crippen LogP contribution in [0.3, 0.4) is 0 Å². The third-order valence-corrected chi connectivity index (χ3v) is 25.2. The average molecular weight is 1730 g/mol. The van der Waals surface area contributed by atoms with Crippen LogP contribution >= 0.6 is 0 Å². The molecule has 6 atom stereocenters. The van der Waals surface area contributed by atoms with Gasteiger partial charge in [0.2, 0.25) is 0 Å². The van der Waals surface area contributed by atoms with Gasteiger partial charge in [0, 0.05) is 110 Å². The standard InChI is InChI=1S/C25H28N2.2C20H19N3.2C15H17N3.C14H16N4.3CH4/c1-18-11-9-10-14-22(18)27-19(2)26(21-12-7-6-8-13-21)23-16-15-20(17-24(23)27)25(3,4)5;1-15-9-6-7-12-18(15)23-16(2)22(17-10-4-3-5-11-17)20-19(23)13-8-14-21-20;1-15-9-6-7-12-18(15)23-16(2)22(17-10-4-3-5-11-17)19-13-8-14-21-20(19)23;1-11-7-4-5-8-13(11)18-12(2)17(3)15-14(18)9-6-10-16-15;1-11-7-4-5-8-13(11)18-12(2)17(3)14-9-6-10-16-15(14)18;1-10-6-4-5-7-12(10)18-11(2)17(3)13-14(18)16-9-8-15-13;;;/h6-17,19H,1-5H3;2*3-14,16H,1-2H3;2*4-10,12H,1-3H3;4-9,11H,1-3H3;3*1H4/t19-;2*16-;2*12-;11-;;;/m000000.../s1. The van der Waals surface area contributed by atoms with Crippen molar-refractivity contribution in [2.45, 2.75) is 169 Å². The van der Waals surface area contributed by atoms with E-state index in [1.807, 2.05) is 61.2 Å². The number of pyridine rings is 4. The van der Waals surface area contributed by atoms with Gasteiger partial charge in [0.1, 0.15) is 37.0 Å². The molecule has 10 aromatic carbocycles. The van der Waals surface area contributed by atoms with Gasteiger partial charge in [-0.05, 0) is 261 Å². The van der Waals surface area contributed by atoms with Crippen molar-refractivity contribution in [3.8, 4) is 0 Å². The number of anilines is 21. The highest BCUT2D eigenvalue weighted by atomic mass is 15.5. The molecule has 18 nitrogen and oxygen atoms in total. The molecule has 0 spiro atoms. The molecule has 0 unspecified atom stereocenters. The van der Waals surface area contributed by atoms with E-state index in [0.29, 0.717) is 0 Å². The maximum absolute atomic E-state index is 4.67. The molecule has 11 heterocycles. The molecule has 6 aliphatic rings. The van der Waals surface area contributed by atoms with Gasteiger partial charge >= 0.3 is 0 Å². The molecule has 0 saturated carbocycles. The topological polar surface area (TPSA) is 116 Å². The van der Waals surface area contributed by atoms with Crippen LogP contribution in [0.4, 0.5) is 120 Å². The Hall–Kier alpha value is -14.5. The Kier molecular flexibility index (Phi) is 28.8. The van der Waals surface area contributed by atoms with Crippen LogP contribution in [0.1, 0.15) is 124 Å². The van der Waals surface area contributed by atoms with Crippen LogP contribution in [-0.2, 0) is 5.41 Å². The Morgan fingerprint density at radius 3 is 0.869 bits per heavy atom. The maximum atomic E-state index is 4.67. The van der Waals surface area contributed by atoms with Crippen LogP contribution in [0.5, 0.6) is 0 Å². The number of aromatic nitrogens is 6. The van der Waals surface area contributed by atoms with Gasteiger partial charge in [-0.25, -0.2) is 29.9 Å². The summed E-state index contributed by atoms with van der Waals surface area (Å²) in [5.74, 6) is 5.98. The summed E-state index contributed by atoms with van der Waals surface area (Å²) in [7, 11) is 6.26. The van der Waals surface area contributed by atoms with Crippen molar-refractivity contribution in [1.82, 2.24) is 29.9 Å². The number of para-hydroxylation sites is 9. The summed E-state index contributed by atoms with van der Waals surface area (Å²) in [6.45, 7) is 33.0. The molecule has 18 heteroatoms. The number of hydrogen-bond donors (Lipinski definition) is 0. The minimum atomic E-state index is 0. The summed E-state index contributed by atoms with van der Waals surface area (Å²) in [6.07, 6.45) is 12.3. The number of benzene rings is 10. The molecule has 666 valence electrons. The number of rotatable bonds is 9. The molecule has 0 N–H and O–H groups in total. The lowest BCUT2D eigenvalue weighted by atomic mass is 9.86. The maximum Gasteiger partial charge on any atom is 0.178 e. The van der Waals surface area contributed by atoms with E-state index in [1.54, 1.807) is 12.4 Å². The molecular weight excluding hydrogens is 1600 g/mol. The minimum Gasteiger partial charge on any atom is -0.351 e. The fourth-order valence-corrected chi connectivity index (χ4v) is 18.2. The van der Waals surface area contributed by atoms with Crippen LogP contribution in [0.15, 0.2) is 340 Å². The van der Waals surface area contributed by atoms with Crippen molar-refractivity contribution in [2.75, 3.05) is 79.9 Å². The first-order valence-corrected chi connectivity index (χ1v) is 44.1.